The van der Waals surface area contributed by atoms with Crippen LogP contribution in [0, 0.1) is 6.92 Å². The zero-order chi connectivity index (χ0) is 14.4. The zero-order valence-corrected chi connectivity index (χ0v) is 12.8. The Labute approximate surface area is 121 Å². The van der Waals surface area contributed by atoms with Gasteiger partial charge in [0.1, 0.15) is 17.5 Å². The fourth-order valence-electron chi connectivity index (χ4n) is 2.06. The maximum Gasteiger partial charge on any atom is 0.136 e. The molecule has 20 heavy (non-hydrogen) atoms. The molecule has 5 nitrogen and oxygen atoms in total. The first-order chi connectivity index (χ1) is 9.76. The van der Waals surface area contributed by atoms with E-state index in [2.05, 4.69) is 27.5 Å². The number of unbranched alkanes of at least 4 members (excludes halogenated alkanes) is 1. The van der Waals surface area contributed by atoms with Crippen molar-refractivity contribution in [3.63, 3.8) is 0 Å². The van der Waals surface area contributed by atoms with E-state index in [-0.39, 0.29) is 0 Å². The molecule has 0 amide bonds. The number of aromatic nitrogens is 2. The minimum atomic E-state index is 0.559. The van der Waals surface area contributed by atoms with Crippen LogP contribution in [0.2, 0.25) is 0 Å². The molecular weight excluding hydrogens is 252 g/mol. The van der Waals surface area contributed by atoms with E-state index in [1.165, 1.54) is 19.3 Å². The minimum Gasteiger partial charge on any atom is -0.380 e. The van der Waals surface area contributed by atoms with Gasteiger partial charge in [0.05, 0.1) is 6.61 Å². The molecule has 0 aliphatic heterocycles. The van der Waals surface area contributed by atoms with Crippen molar-refractivity contribution in [2.24, 2.45) is 0 Å². The molecule has 0 aromatic carbocycles. The Morgan fingerprint density at radius 3 is 2.60 bits per heavy atom. The average Bonchev–Trinajstić information content (AvgIpc) is 3.29. The van der Waals surface area contributed by atoms with Gasteiger partial charge in [-0.1, -0.05) is 13.3 Å². The molecule has 2 rings (SSSR count). The Kier molecular flexibility index (Phi) is 5.59. The highest BCUT2D eigenvalue weighted by Gasteiger charge is 2.28. The van der Waals surface area contributed by atoms with Crippen LogP contribution in [0.3, 0.4) is 0 Å². The summed E-state index contributed by atoms with van der Waals surface area (Å²) in [5, 5.41) is 6.53. The van der Waals surface area contributed by atoms with E-state index in [9.17, 15) is 0 Å². The van der Waals surface area contributed by atoms with E-state index >= 15 is 0 Å². The van der Waals surface area contributed by atoms with Gasteiger partial charge in [0.25, 0.3) is 0 Å². The Morgan fingerprint density at radius 1 is 1.20 bits per heavy atom. The van der Waals surface area contributed by atoms with Crippen molar-refractivity contribution in [1.82, 2.24) is 9.97 Å². The summed E-state index contributed by atoms with van der Waals surface area (Å²) >= 11 is 0. The van der Waals surface area contributed by atoms with Gasteiger partial charge < -0.3 is 15.4 Å². The van der Waals surface area contributed by atoms with Gasteiger partial charge in [0.2, 0.25) is 0 Å². The van der Waals surface area contributed by atoms with E-state index in [4.69, 9.17) is 4.74 Å². The van der Waals surface area contributed by atoms with E-state index in [1.54, 1.807) is 0 Å². The van der Waals surface area contributed by atoms with Crippen molar-refractivity contribution in [2.75, 3.05) is 37.4 Å². The van der Waals surface area contributed by atoms with Crippen molar-refractivity contribution in [2.45, 2.75) is 45.4 Å². The SMILES string of the molecule is CCCCOCCNc1nc(C2CC2)nc(NC)c1C. The topological polar surface area (TPSA) is 59.1 Å². The largest absolute Gasteiger partial charge is 0.380 e. The lowest BCUT2D eigenvalue weighted by atomic mass is 10.2. The zero-order valence-electron chi connectivity index (χ0n) is 12.8. The van der Waals surface area contributed by atoms with Gasteiger partial charge in [-0.05, 0) is 26.2 Å². The molecule has 0 saturated heterocycles. The van der Waals surface area contributed by atoms with Gasteiger partial charge in [0, 0.05) is 31.7 Å². The van der Waals surface area contributed by atoms with E-state index < -0.39 is 0 Å². The first kappa shape index (κ1) is 15.0. The van der Waals surface area contributed by atoms with E-state index in [1.807, 2.05) is 14.0 Å². The summed E-state index contributed by atoms with van der Waals surface area (Å²) in [7, 11) is 1.91. The molecule has 0 bridgehead atoms. The molecule has 0 radical (unpaired) electrons. The summed E-state index contributed by atoms with van der Waals surface area (Å²) in [5.41, 5.74) is 1.07. The third-order valence-corrected chi connectivity index (χ3v) is 3.52. The van der Waals surface area contributed by atoms with Gasteiger partial charge in [-0.15, -0.1) is 0 Å². The van der Waals surface area contributed by atoms with Gasteiger partial charge in [-0.2, -0.15) is 0 Å². The molecule has 112 valence electrons. The van der Waals surface area contributed by atoms with Crippen molar-refractivity contribution in [3.8, 4) is 0 Å². The third-order valence-electron chi connectivity index (χ3n) is 3.52. The predicted molar refractivity (Wildman–Crippen MR) is 82.5 cm³/mol. The molecular formula is C15H26N4O. The Balaban J connectivity index is 1.90. The van der Waals surface area contributed by atoms with Gasteiger partial charge in [-0.3, -0.25) is 0 Å². The lowest BCUT2D eigenvalue weighted by molar-refractivity contribution is 0.141. The van der Waals surface area contributed by atoms with E-state index in [0.717, 1.165) is 49.2 Å². The summed E-state index contributed by atoms with van der Waals surface area (Å²) in [6.45, 7) is 6.56. The monoisotopic (exact) mass is 278 g/mol. The Bertz CT molecular complexity index is 432. The number of rotatable bonds is 9. The van der Waals surface area contributed by atoms with Crippen LogP contribution < -0.4 is 10.6 Å². The molecule has 0 atom stereocenters. The highest BCUT2D eigenvalue weighted by atomic mass is 16.5. The van der Waals surface area contributed by atoms with Crippen molar-refractivity contribution >= 4 is 11.6 Å². The number of hydrogen-bond acceptors (Lipinski definition) is 5. The third kappa shape index (κ3) is 4.07. The van der Waals surface area contributed by atoms with Crippen molar-refractivity contribution < 1.29 is 4.74 Å². The standard InChI is InChI=1S/C15H26N4O/c1-4-5-9-20-10-8-17-14-11(2)13(16-3)18-15(19-14)12-6-7-12/h12H,4-10H2,1-3H3,(H2,16,17,18,19). The molecule has 1 saturated carbocycles. The number of nitrogens with one attached hydrogen (secondary N) is 2. The summed E-state index contributed by atoms with van der Waals surface area (Å²) in [5.74, 6) is 3.39. The second kappa shape index (κ2) is 7.43. The molecule has 1 aliphatic rings. The molecule has 0 unspecified atom stereocenters. The van der Waals surface area contributed by atoms with Crippen LogP contribution in [0.5, 0.6) is 0 Å². The van der Waals surface area contributed by atoms with Crippen LogP contribution in [0.25, 0.3) is 0 Å². The number of nitrogens with zero attached hydrogens (tertiary/aromatic N) is 2. The van der Waals surface area contributed by atoms with Crippen LogP contribution in [0.15, 0.2) is 0 Å². The Morgan fingerprint density at radius 2 is 1.95 bits per heavy atom. The maximum absolute atomic E-state index is 5.56. The molecule has 0 spiro atoms. The smallest absolute Gasteiger partial charge is 0.136 e. The van der Waals surface area contributed by atoms with Crippen LogP contribution in [-0.4, -0.2) is 36.8 Å². The molecule has 2 N–H and O–H groups in total. The molecule has 1 heterocycles. The van der Waals surface area contributed by atoms with Crippen LogP contribution in [0.4, 0.5) is 11.6 Å². The quantitative estimate of drug-likeness (QED) is 0.680. The second-order valence-corrected chi connectivity index (χ2v) is 5.32. The normalized spacial score (nSPS) is 14.3. The number of hydrogen-bond donors (Lipinski definition) is 2. The summed E-state index contributed by atoms with van der Waals surface area (Å²) in [6, 6.07) is 0. The molecule has 1 aromatic heterocycles. The highest BCUT2D eigenvalue weighted by Crippen LogP contribution is 2.39. The second-order valence-electron chi connectivity index (χ2n) is 5.32. The van der Waals surface area contributed by atoms with Crippen LogP contribution in [0.1, 0.15) is 49.9 Å². The van der Waals surface area contributed by atoms with Gasteiger partial charge >= 0.3 is 0 Å². The highest BCUT2D eigenvalue weighted by molar-refractivity contribution is 5.57. The average molecular weight is 278 g/mol. The lowest BCUT2D eigenvalue weighted by Crippen LogP contribution is -2.14. The molecule has 1 aromatic rings. The summed E-state index contributed by atoms with van der Waals surface area (Å²) in [6.07, 6.45) is 4.73. The molecule has 5 heteroatoms. The fourth-order valence-corrected chi connectivity index (χ4v) is 2.06. The number of ether oxygens (including phenoxy) is 1. The van der Waals surface area contributed by atoms with Gasteiger partial charge in [-0.25, -0.2) is 9.97 Å². The van der Waals surface area contributed by atoms with Crippen LogP contribution in [-0.2, 0) is 4.74 Å². The summed E-state index contributed by atoms with van der Waals surface area (Å²) < 4.78 is 5.56. The predicted octanol–water partition coefficient (Wildman–Crippen LogP) is 2.93. The first-order valence-electron chi connectivity index (χ1n) is 7.64. The van der Waals surface area contributed by atoms with Crippen molar-refractivity contribution in [1.29, 1.82) is 0 Å². The van der Waals surface area contributed by atoms with Crippen LogP contribution >= 0.6 is 0 Å². The van der Waals surface area contributed by atoms with Crippen molar-refractivity contribution in [3.05, 3.63) is 11.4 Å². The van der Waals surface area contributed by atoms with E-state index in [0.29, 0.717) is 5.92 Å². The first-order valence-corrected chi connectivity index (χ1v) is 7.64. The minimum absolute atomic E-state index is 0.559. The Hall–Kier alpha value is -1.36. The van der Waals surface area contributed by atoms with Gasteiger partial charge in [0.15, 0.2) is 0 Å². The molecule has 1 aliphatic carbocycles. The summed E-state index contributed by atoms with van der Waals surface area (Å²) in [4.78, 5) is 9.25. The lowest BCUT2D eigenvalue weighted by Gasteiger charge is -2.13. The maximum atomic E-state index is 5.56. The fraction of sp³-hybridized carbons (Fsp3) is 0.733. The number of anilines is 2. The molecule has 1 fully saturated rings.